The quantitative estimate of drug-likeness (QED) is 0.538. The third-order valence-corrected chi connectivity index (χ3v) is 3.61. The molecule has 66 valence electrons. The van der Waals surface area contributed by atoms with Crippen LogP contribution in [0.25, 0.3) is 0 Å². The van der Waals surface area contributed by atoms with Gasteiger partial charge in [-0.1, -0.05) is 13.8 Å². The Labute approximate surface area is 74.8 Å². The van der Waals surface area contributed by atoms with E-state index in [0.717, 1.165) is 11.8 Å². The van der Waals surface area contributed by atoms with Crippen LogP contribution >= 0.6 is 0 Å². The summed E-state index contributed by atoms with van der Waals surface area (Å²) in [6.45, 7) is 4.71. The molecule has 12 heavy (non-hydrogen) atoms. The zero-order chi connectivity index (χ0) is 8.77. The highest BCUT2D eigenvalue weighted by molar-refractivity contribution is 5.01. The van der Waals surface area contributed by atoms with E-state index in [1.54, 1.807) is 0 Å². The molecular weight excluding hydrogens is 146 g/mol. The number of fused-ring (bicyclic) bond motifs is 2. The summed E-state index contributed by atoms with van der Waals surface area (Å²) in [6, 6.07) is 2.47. The van der Waals surface area contributed by atoms with Crippen molar-refractivity contribution in [1.29, 1.82) is 5.26 Å². The molecule has 0 spiro atoms. The van der Waals surface area contributed by atoms with Crippen LogP contribution in [0.5, 0.6) is 0 Å². The lowest BCUT2D eigenvalue weighted by atomic mass is 9.71. The third-order valence-electron chi connectivity index (χ3n) is 3.61. The first-order valence-electron chi connectivity index (χ1n) is 5.00. The van der Waals surface area contributed by atoms with E-state index in [4.69, 9.17) is 5.26 Å². The molecule has 0 radical (unpaired) electrons. The molecule has 0 aromatic rings. The van der Waals surface area contributed by atoms with Crippen molar-refractivity contribution in [2.75, 3.05) is 0 Å². The Morgan fingerprint density at radius 2 is 2.00 bits per heavy atom. The lowest BCUT2D eigenvalue weighted by molar-refractivity contribution is 0.168. The fourth-order valence-electron chi connectivity index (χ4n) is 3.37. The van der Waals surface area contributed by atoms with Gasteiger partial charge in [-0.2, -0.15) is 5.26 Å². The van der Waals surface area contributed by atoms with Gasteiger partial charge in [-0.25, -0.2) is 0 Å². The Hall–Kier alpha value is -0.510. The molecule has 0 N–H and O–H groups in total. The molecule has 1 nitrogen and oxygen atoms in total. The maximum atomic E-state index is 8.93. The van der Waals surface area contributed by atoms with Crippen molar-refractivity contribution >= 4 is 0 Å². The summed E-state index contributed by atoms with van der Waals surface area (Å²) in [7, 11) is 0. The highest BCUT2D eigenvalue weighted by atomic mass is 14.5. The van der Waals surface area contributed by atoms with E-state index in [2.05, 4.69) is 19.9 Å². The zero-order valence-corrected chi connectivity index (χ0v) is 8.01. The standard InChI is InChI=1S/C11H17N/c1-11(2)5-8-3-9(6-11)10(4-8)7-12/h8-10H,3-6H2,1-2H3. The number of nitriles is 1. The molecule has 2 saturated carbocycles. The molecule has 0 heterocycles. The van der Waals surface area contributed by atoms with Crippen LogP contribution in [0.4, 0.5) is 0 Å². The summed E-state index contributed by atoms with van der Waals surface area (Å²) in [5.41, 5.74) is 0.513. The Morgan fingerprint density at radius 3 is 2.67 bits per heavy atom. The van der Waals surface area contributed by atoms with Gasteiger partial charge in [0.2, 0.25) is 0 Å². The van der Waals surface area contributed by atoms with Crippen LogP contribution in [-0.4, -0.2) is 0 Å². The van der Waals surface area contributed by atoms with E-state index in [1.165, 1.54) is 25.7 Å². The second-order valence-electron chi connectivity index (χ2n) is 5.41. The second-order valence-corrected chi connectivity index (χ2v) is 5.41. The minimum absolute atomic E-state index is 0.386. The van der Waals surface area contributed by atoms with E-state index >= 15 is 0 Å². The molecule has 2 rings (SSSR count). The third kappa shape index (κ3) is 1.24. The monoisotopic (exact) mass is 163 g/mol. The minimum Gasteiger partial charge on any atom is -0.198 e. The number of nitrogens with zero attached hydrogens (tertiary/aromatic N) is 1. The predicted octanol–water partition coefficient (Wildman–Crippen LogP) is 2.97. The molecule has 3 unspecified atom stereocenters. The summed E-state index contributed by atoms with van der Waals surface area (Å²) >= 11 is 0. The van der Waals surface area contributed by atoms with Crippen molar-refractivity contribution in [2.45, 2.75) is 39.5 Å². The van der Waals surface area contributed by atoms with E-state index in [0.29, 0.717) is 11.3 Å². The highest BCUT2D eigenvalue weighted by Gasteiger charge is 2.43. The lowest BCUT2D eigenvalue weighted by Crippen LogP contribution is -2.24. The van der Waals surface area contributed by atoms with Gasteiger partial charge >= 0.3 is 0 Å². The Bertz CT molecular complexity index is 224. The number of hydrogen-bond acceptors (Lipinski definition) is 1. The second kappa shape index (κ2) is 2.49. The molecule has 2 bridgehead atoms. The van der Waals surface area contributed by atoms with Crippen molar-refractivity contribution < 1.29 is 0 Å². The van der Waals surface area contributed by atoms with Crippen LogP contribution in [0, 0.1) is 34.5 Å². The average Bonchev–Trinajstić information content (AvgIpc) is 2.24. The van der Waals surface area contributed by atoms with Gasteiger partial charge in [0.25, 0.3) is 0 Å². The fraction of sp³-hybridized carbons (Fsp3) is 0.909. The molecule has 3 atom stereocenters. The van der Waals surface area contributed by atoms with Gasteiger partial charge in [0.15, 0.2) is 0 Å². The van der Waals surface area contributed by atoms with Gasteiger partial charge in [0.1, 0.15) is 0 Å². The first-order valence-corrected chi connectivity index (χ1v) is 5.00. The lowest BCUT2D eigenvalue weighted by Gasteiger charge is -2.34. The van der Waals surface area contributed by atoms with Crippen molar-refractivity contribution in [1.82, 2.24) is 0 Å². The summed E-state index contributed by atoms with van der Waals surface area (Å²) in [6.07, 6.45) is 5.15. The van der Waals surface area contributed by atoms with Crippen LogP contribution in [0.15, 0.2) is 0 Å². The summed E-state index contributed by atoms with van der Waals surface area (Å²) in [5, 5.41) is 8.93. The Kier molecular flexibility index (Phi) is 1.68. The summed E-state index contributed by atoms with van der Waals surface area (Å²) in [4.78, 5) is 0. The average molecular weight is 163 g/mol. The van der Waals surface area contributed by atoms with Crippen molar-refractivity contribution in [3.8, 4) is 6.07 Å². The van der Waals surface area contributed by atoms with Crippen LogP contribution in [0.1, 0.15) is 39.5 Å². The van der Waals surface area contributed by atoms with E-state index in [-0.39, 0.29) is 0 Å². The summed E-state index contributed by atoms with van der Waals surface area (Å²) < 4.78 is 0. The fourth-order valence-corrected chi connectivity index (χ4v) is 3.37. The largest absolute Gasteiger partial charge is 0.198 e. The minimum atomic E-state index is 0.386. The molecule has 1 heteroatoms. The molecule has 0 aliphatic heterocycles. The van der Waals surface area contributed by atoms with Gasteiger partial charge in [-0.15, -0.1) is 0 Å². The molecule has 0 amide bonds. The Balaban J connectivity index is 2.14. The molecule has 0 aromatic carbocycles. The molecular formula is C11H17N. The van der Waals surface area contributed by atoms with Crippen molar-refractivity contribution in [3.63, 3.8) is 0 Å². The van der Waals surface area contributed by atoms with Gasteiger partial charge in [-0.05, 0) is 42.9 Å². The van der Waals surface area contributed by atoms with Gasteiger partial charge in [-0.3, -0.25) is 0 Å². The zero-order valence-electron chi connectivity index (χ0n) is 8.01. The van der Waals surface area contributed by atoms with E-state index in [9.17, 15) is 0 Å². The van der Waals surface area contributed by atoms with Gasteiger partial charge < -0.3 is 0 Å². The van der Waals surface area contributed by atoms with E-state index < -0.39 is 0 Å². The van der Waals surface area contributed by atoms with Crippen LogP contribution < -0.4 is 0 Å². The van der Waals surface area contributed by atoms with Crippen LogP contribution in [0.2, 0.25) is 0 Å². The normalized spacial score (nSPS) is 43.9. The maximum absolute atomic E-state index is 8.93. The highest BCUT2D eigenvalue weighted by Crippen LogP contribution is 2.52. The SMILES string of the molecule is CC1(C)CC2CC(C#N)C(C2)C1. The van der Waals surface area contributed by atoms with Gasteiger partial charge in [0.05, 0.1) is 6.07 Å². The first-order chi connectivity index (χ1) is 5.61. The molecule has 2 aliphatic carbocycles. The maximum Gasteiger partial charge on any atom is 0.0658 e. The van der Waals surface area contributed by atoms with Crippen molar-refractivity contribution in [3.05, 3.63) is 0 Å². The number of hydrogen-bond donors (Lipinski definition) is 0. The summed E-state index contributed by atoms with van der Waals surface area (Å²) in [5.74, 6) is 1.98. The van der Waals surface area contributed by atoms with Crippen LogP contribution in [0.3, 0.4) is 0 Å². The van der Waals surface area contributed by atoms with Crippen molar-refractivity contribution in [2.24, 2.45) is 23.2 Å². The Morgan fingerprint density at radius 1 is 1.25 bits per heavy atom. The number of rotatable bonds is 0. The first kappa shape index (κ1) is 8.10. The molecule has 2 fully saturated rings. The van der Waals surface area contributed by atoms with E-state index in [1.807, 2.05) is 0 Å². The smallest absolute Gasteiger partial charge is 0.0658 e. The van der Waals surface area contributed by atoms with Gasteiger partial charge in [0, 0.05) is 5.92 Å². The molecule has 0 saturated heterocycles. The topological polar surface area (TPSA) is 23.8 Å². The predicted molar refractivity (Wildman–Crippen MR) is 48.3 cm³/mol. The molecule has 0 aromatic heterocycles. The van der Waals surface area contributed by atoms with Crippen LogP contribution in [-0.2, 0) is 0 Å². The molecule has 2 aliphatic rings.